The molecule has 0 bridgehead atoms. The summed E-state index contributed by atoms with van der Waals surface area (Å²) < 4.78 is 2.75. The average molecular weight is 521 g/mol. The van der Waals surface area contributed by atoms with Crippen molar-refractivity contribution < 1.29 is 9.59 Å². The van der Waals surface area contributed by atoms with Gasteiger partial charge in [-0.15, -0.1) is 5.10 Å². The minimum atomic E-state index is -0.563. The molecule has 2 rings (SSSR count). The highest BCUT2D eigenvalue weighted by Gasteiger charge is 2.22. The Kier molecular flexibility index (Phi) is 12.2. The van der Waals surface area contributed by atoms with Crippen molar-refractivity contribution in [1.82, 2.24) is 15.2 Å². The maximum atomic E-state index is 12.9. The van der Waals surface area contributed by atoms with Gasteiger partial charge in [0.05, 0.1) is 6.54 Å². The first-order valence-electron chi connectivity index (χ1n) is 11.9. The fraction of sp³-hybridized carbons (Fsp3) is 0.250. The van der Waals surface area contributed by atoms with E-state index in [1.54, 1.807) is 24.5 Å². The number of amidine groups is 1. The quantitative estimate of drug-likeness (QED) is 0.0799. The van der Waals surface area contributed by atoms with Gasteiger partial charge in [-0.2, -0.15) is 0 Å². The topological polar surface area (TPSA) is 126 Å². The van der Waals surface area contributed by atoms with E-state index in [-0.39, 0.29) is 30.2 Å². The summed E-state index contributed by atoms with van der Waals surface area (Å²) in [5.74, 6) is 4.62. The highest BCUT2D eigenvalue weighted by Crippen LogP contribution is 2.20. The summed E-state index contributed by atoms with van der Waals surface area (Å²) in [5.41, 5.74) is 9.95. The van der Waals surface area contributed by atoms with Crippen LogP contribution in [0.1, 0.15) is 18.9 Å². The van der Waals surface area contributed by atoms with Gasteiger partial charge >= 0.3 is 0 Å². The van der Waals surface area contributed by atoms with Gasteiger partial charge in [-0.1, -0.05) is 105 Å². The van der Waals surface area contributed by atoms with Gasteiger partial charge in [0.25, 0.3) is 5.91 Å². The molecule has 0 heterocycles. The molecule has 37 heavy (non-hydrogen) atoms. The minimum absolute atomic E-state index is 0.105. The first kappa shape index (κ1) is 29.4. The molecule has 0 fully saturated rings. The molecule has 0 saturated heterocycles. The van der Waals surface area contributed by atoms with Gasteiger partial charge in [0.2, 0.25) is 11.7 Å². The van der Waals surface area contributed by atoms with Crippen LogP contribution in [0.15, 0.2) is 96.7 Å². The fourth-order valence-electron chi connectivity index (χ4n) is 3.68. The van der Waals surface area contributed by atoms with E-state index in [4.69, 9.17) is 11.6 Å². The Bertz CT molecular complexity index is 1120. The van der Waals surface area contributed by atoms with Crippen molar-refractivity contribution in [3.05, 3.63) is 97.1 Å². The van der Waals surface area contributed by atoms with Crippen LogP contribution in [0.25, 0.3) is 11.1 Å². The highest BCUT2D eigenvalue weighted by molar-refractivity contribution is 7.97. The molecule has 0 saturated carbocycles. The summed E-state index contributed by atoms with van der Waals surface area (Å²) in [7, 11) is 0. The molecule has 6 N–H and O–H groups in total. The van der Waals surface area contributed by atoms with Crippen LogP contribution in [-0.2, 0) is 16.0 Å². The van der Waals surface area contributed by atoms with Gasteiger partial charge in [-0.25, -0.2) is 11.0 Å². The van der Waals surface area contributed by atoms with Crippen LogP contribution >= 0.6 is 11.9 Å². The largest absolute Gasteiger partial charge is 0.378 e. The second kappa shape index (κ2) is 15.3. The van der Waals surface area contributed by atoms with Gasteiger partial charge in [0.1, 0.15) is 0 Å². The molecule has 0 aliphatic carbocycles. The SMILES string of the molecule is C=C/C=C(\C=C)CN(N)/N=C(\N)C(=O)NC(Cc1ccc(-c2ccccc2)cc1)C[C@@H](C)C(=O)NSC. The number of rotatable bonds is 13. The van der Waals surface area contributed by atoms with Crippen molar-refractivity contribution in [1.29, 1.82) is 0 Å². The van der Waals surface area contributed by atoms with Crippen LogP contribution < -0.4 is 21.6 Å². The number of nitrogens with two attached hydrogens (primary N) is 2. The van der Waals surface area contributed by atoms with Crippen LogP contribution in [0.3, 0.4) is 0 Å². The monoisotopic (exact) mass is 520 g/mol. The molecule has 196 valence electrons. The molecular weight excluding hydrogens is 484 g/mol. The number of amides is 2. The van der Waals surface area contributed by atoms with E-state index in [1.807, 2.05) is 49.4 Å². The van der Waals surface area contributed by atoms with E-state index < -0.39 is 5.91 Å². The lowest BCUT2D eigenvalue weighted by Gasteiger charge is -2.22. The van der Waals surface area contributed by atoms with Gasteiger partial charge in [0, 0.05) is 18.2 Å². The Morgan fingerprint density at radius 2 is 1.76 bits per heavy atom. The number of carbonyl (C=O) groups is 2. The Hall–Kier alpha value is -3.82. The third-order valence-electron chi connectivity index (χ3n) is 5.57. The number of allylic oxidation sites excluding steroid dienone is 2. The second-order valence-electron chi connectivity index (χ2n) is 8.51. The second-order valence-corrected chi connectivity index (χ2v) is 9.12. The number of hydrazone groups is 1. The number of carbonyl (C=O) groups excluding carboxylic acids is 2. The summed E-state index contributed by atoms with van der Waals surface area (Å²) in [6.07, 6.45) is 7.68. The first-order chi connectivity index (χ1) is 17.8. The third-order valence-corrected chi connectivity index (χ3v) is 5.98. The number of hydrogen-bond acceptors (Lipinski definition) is 6. The number of nitrogens with one attached hydrogen (secondary N) is 2. The van der Waals surface area contributed by atoms with E-state index in [9.17, 15) is 9.59 Å². The summed E-state index contributed by atoms with van der Waals surface area (Å²) in [6.45, 7) is 9.38. The van der Waals surface area contributed by atoms with Crippen molar-refractivity contribution in [2.75, 3.05) is 12.8 Å². The van der Waals surface area contributed by atoms with E-state index in [1.165, 1.54) is 11.9 Å². The summed E-state index contributed by atoms with van der Waals surface area (Å²) in [4.78, 5) is 25.2. The van der Waals surface area contributed by atoms with E-state index >= 15 is 0 Å². The first-order valence-corrected chi connectivity index (χ1v) is 13.1. The molecule has 8 nitrogen and oxygen atoms in total. The van der Waals surface area contributed by atoms with Gasteiger partial charge in [-0.3, -0.25) is 9.59 Å². The highest BCUT2D eigenvalue weighted by atomic mass is 32.2. The summed E-state index contributed by atoms with van der Waals surface area (Å²) in [6, 6.07) is 17.9. The van der Waals surface area contributed by atoms with Crippen molar-refractivity contribution in [3.63, 3.8) is 0 Å². The van der Waals surface area contributed by atoms with Gasteiger partial charge in [-0.05, 0) is 35.1 Å². The van der Waals surface area contributed by atoms with Crippen molar-refractivity contribution in [3.8, 4) is 11.1 Å². The fourth-order valence-corrected chi connectivity index (χ4v) is 4.08. The number of benzene rings is 2. The Morgan fingerprint density at radius 3 is 2.35 bits per heavy atom. The molecule has 2 amide bonds. The van der Waals surface area contributed by atoms with E-state index in [0.717, 1.165) is 27.4 Å². The molecule has 2 atom stereocenters. The normalized spacial score (nSPS) is 13.3. The summed E-state index contributed by atoms with van der Waals surface area (Å²) in [5, 5.41) is 7.97. The third kappa shape index (κ3) is 9.98. The molecule has 9 heteroatoms. The van der Waals surface area contributed by atoms with E-state index in [2.05, 4.69) is 40.4 Å². The Balaban J connectivity index is 2.16. The van der Waals surface area contributed by atoms with Crippen LogP contribution in [0.2, 0.25) is 0 Å². The van der Waals surface area contributed by atoms with Gasteiger partial charge < -0.3 is 15.8 Å². The summed E-state index contributed by atoms with van der Waals surface area (Å²) >= 11 is 1.24. The van der Waals surface area contributed by atoms with Crippen molar-refractivity contribution in [2.24, 2.45) is 22.6 Å². The molecule has 1 unspecified atom stereocenters. The molecule has 0 radical (unpaired) electrons. The van der Waals surface area contributed by atoms with Gasteiger partial charge in [0.15, 0.2) is 0 Å². The Labute approximate surface area is 223 Å². The van der Waals surface area contributed by atoms with E-state index in [0.29, 0.717) is 12.8 Å². The molecular formula is C28H36N6O2S. The zero-order chi connectivity index (χ0) is 27.2. The molecule has 0 aliphatic rings. The van der Waals surface area contributed by atoms with Crippen molar-refractivity contribution >= 4 is 29.6 Å². The lowest BCUT2D eigenvalue weighted by atomic mass is 9.94. The molecule has 0 aliphatic heterocycles. The van der Waals surface area contributed by atoms with Crippen LogP contribution in [0.5, 0.6) is 0 Å². The lowest BCUT2D eigenvalue weighted by molar-refractivity contribution is -0.123. The molecule has 0 spiro atoms. The molecule has 2 aromatic carbocycles. The zero-order valence-electron chi connectivity index (χ0n) is 21.4. The van der Waals surface area contributed by atoms with Crippen LogP contribution in [0.4, 0.5) is 0 Å². The number of hydrogen-bond donors (Lipinski definition) is 4. The minimum Gasteiger partial charge on any atom is -0.378 e. The number of nitrogens with zero attached hydrogens (tertiary/aromatic N) is 2. The maximum absolute atomic E-state index is 12.9. The predicted molar refractivity (Wildman–Crippen MR) is 154 cm³/mol. The predicted octanol–water partition coefficient (Wildman–Crippen LogP) is 3.55. The van der Waals surface area contributed by atoms with Crippen molar-refractivity contribution in [2.45, 2.75) is 25.8 Å². The maximum Gasteiger partial charge on any atom is 0.288 e. The van der Waals surface area contributed by atoms with Crippen LogP contribution in [-0.4, -0.2) is 41.6 Å². The average Bonchev–Trinajstić information content (AvgIpc) is 2.89. The lowest BCUT2D eigenvalue weighted by Crippen LogP contribution is -2.46. The standard InChI is InChI=1S/C28H36N6O2S/c1-5-10-21(6-2)19-34(30)32-26(29)28(36)31-25(17-20(3)27(35)33-37-4)18-22-13-15-24(16-14-22)23-11-8-7-9-12-23/h5-16,20,25H,1-2,17-19,30H2,3-4H3,(H2,29,32)(H,31,36)(H,33,35)/b21-10+/t20-,25?/m1/s1. The Morgan fingerprint density at radius 1 is 1.11 bits per heavy atom. The molecule has 0 aromatic heterocycles. The zero-order valence-corrected chi connectivity index (χ0v) is 22.2. The molecule has 2 aromatic rings. The number of hydrazine groups is 1. The van der Waals surface area contributed by atoms with Crippen LogP contribution in [0, 0.1) is 5.92 Å². The smallest absolute Gasteiger partial charge is 0.288 e.